The van der Waals surface area contributed by atoms with Crippen LogP contribution in [0.5, 0.6) is 0 Å². The van der Waals surface area contributed by atoms with Crippen molar-refractivity contribution in [3.63, 3.8) is 0 Å². The monoisotopic (exact) mass is 405 g/mol. The number of carbonyl (C=O) groups excluding carboxylic acids is 2. The standard InChI is InChI=1S/C23H23N3O2S/c1-16-3-5-19(6-4-16)25-22(27)14-29-15-23(28)26-20-7-8-21(17(2)13-20)18-9-11-24-12-10-18/h3-13H,14-15H2,1-2H3,(H,25,27)(H,26,28). The number of benzene rings is 2. The quantitative estimate of drug-likeness (QED) is 0.599. The Hall–Kier alpha value is -3.12. The second kappa shape index (κ2) is 9.89. The Kier molecular flexibility index (Phi) is 7.03. The number of anilines is 2. The average Bonchev–Trinajstić information content (AvgIpc) is 2.70. The van der Waals surface area contributed by atoms with E-state index in [2.05, 4.69) is 15.6 Å². The highest BCUT2D eigenvalue weighted by atomic mass is 32.2. The lowest BCUT2D eigenvalue weighted by Gasteiger charge is -2.10. The number of rotatable bonds is 7. The van der Waals surface area contributed by atoms with Crippen LogP contribution in [0.1, 0.15) is 11.1 Å². The molecule has 3 aromatic rings. The molecule has 2 N–H and O–H groups in total. The van der Waals surface area contributed by atoms with Crippen molar-refractivity contribution in [2.75, 3.05) is 22.1 Å². The van der Waals surface area contributed by atoms with E-state index in [1.54, 1.807) is 12.4 Å². The molecule has 2 aromatic carbocycles. The summed E-state index contributed by atoms with van der Waals surface area (Å²) in [6.45, 7) is 4.00. The lowest BCUT2D eigenvalue weighted by Crippen LogP contribution is -2.18. The minimum Gasteiger partial charge on any atom is -0.325 e. The molecule has 29 heavy (non-hydrogen) atoms. The van der Waals surface area contributed by atoms with Gasteiger partial charge in [-0.2, -0.15) is 0 Å². The molecule has 0 saturated heterocycles. The molecular weight excluding hydrogens is 382 g/mol. The fourth-order valence-electron chi connectivity index (χ4n) is 2.86. The first-order valence-corrected chi connectivity index (χ1v) is 10.4. The van der Waals surface area contributed by atoms with Crippen molar-refractivity contribution in [2.45, 2.75) is 13.8 Å². The average molecular weight is 406 g/mol. The number of carbonyl (C=O) groups is 2. The number of aryl methyl sites for hydroxylation is 2. The van der Waals surface area contributed by atoms with Gasteiger partial charge >= 0.3 is 0 Å². The lowest BCUT2D eigenvalue weighted by atomic mass is 10.0. The van der Waals surface area contributed by atoms with Crippen LogP contribution >= 0.6 is 11.8 Å². The van der Waals surface area contributed by atoms with Crippen LogP contribution in [0.4, 0.5) is 11.4 Å². The molecule has 0 bridgehead atoms. The zero-order chi connectivity index (χ0) is 20.6. The SMILES string of the molecule is Cc1ccc(NC(=O)CSCC(=O)Nc2ccc(-c3ccncc3)c(C)c2)cc1. The normalized spacial score (nSPS) is 10.4. The zero-order valence-electron chi connectivity index (χ0n) is 16.4. The molecule has 1 heterocycles. The molecule has 3 rings (SSSR count). The summed E-state index contributed by atoms with van der Waals surface area (Å²) in [4.78, 5) is 28.2. The van der Waals surface area contributed by atoms with Crippen LogP contribution < -0.4 is 10.6 Å². The minimum absolute atomic E-state index is 0.121. The first kappa shape index (κ1) is 20.6. The number of pyridine rings is 1. The smallest absolute Gasteiger partial charge is 0.234 e. The molecule has 0 radical (unpaired) electrons. The molecule has 2 amide bonds. The van der Waals surface area contributed by atoms with Gasteiger partial charge in [-0.25, -0.2) is 0 Å². The van der Waals surface area contributed by atoms with E-state index in [4.69, 9.17) is 0 Å². The van der Waals surface area contributed by atoms with Crippen LogP contribution in [0, 0.1) is 13.8 Å². The molecule has 0 unspecified atom stereocenters. The van der Waals surface area contributed by atoms with Gasteiger partial charge in [0.1, 0.15) is 0 Å². The molecule has 148 valence electrons. The third-order valence-corrected chi connectivity index (χ3v) is 5.24. The maximum absolute atomic E-state index is 12.2. The molecule has 0 aliphatic carbocycles. The van der Waals surface area contributed by atoms with Crippen molar-refractivity contribution in [1.82, 2.24) is 4.98 Å². The van der Waals surface area contributed by atoms with Gasteiger partial charge in [-0.05, 0) is 66.9 Å². The molecule has 0 atom stereocenters. The Morgan fingerprint density at radius 2 is 1.41 bits per heavy atom. The lowest BCUT2D eigenvalue weighted by molar-refractivity contribution is -0.114. The Morgan fingerprint density at radius 3 is 2.03 bits per heavy atom. The fraction of sp³-hybridized carbons (Fsp3) is 0.174. The summed E-state index contributed by atoms with van der Waals surface area (Å²) in [6.07, 6.45) is 3.52. The number of hydrogen-bond donors (Lipinski definition) is 2. The van der Waals surface area contributed by atoms with E-state index in [1.807, 2.05) is 68.4 Å². The van der Waals surface area contributed by atoms with E-state index in [9.17, 15) is 9.59 Å². The number of nitrogens with zero attached hydrogens (tertiary/aromatic N) is 1. The summed E-state index contributed by atoms with van der Waals surface area (Å²) in [5.74, 6) is 0.187. The molecule has 1 aromatic heterocycles. The van der Waals surface area contributed by atoms with Crippen molar-refractivity contribution in [1.29, 1.82) is 0 Å². The van der Waals surface area contributed by atoms with Gasteiger partial charge in [-0.3, -0.25) is 14.6 Å². The van der Waals surface area contributed by atoms with Crippen LogP contribution in [0.2, 0.25) is 0 Å². The predicted octanol–water partition coefficient (Wildman–Crippen LogP) is 4.68. The third-order valence-electron chi connectivity index (χ3n) is 4.30. The molecule has 0 spiro atoms. The molecule has 5 nitrogen and oxygen atoms in total. The maximum atomic E-state index is 12.2. The van der Waals surface area contributed by atoms with Gasteiger partial charge < -0.3 is 10.6 Å². The summed E-state index contributed by atoms with van der Waals surface area (Å²) in [6, 6.07) is 17.3. The highest BCUT2D eigenvalue weighted by Crippen LogP contribution is 2.25. The van der Waals surface area contributed by atoms with Gasteiger partial charge in [0.15, 0.2) is 0 Å². The van der Waals surface area contributed by atoms with Crippen LogP contribution in [-0.4, -0.2) is 28.3 Å². The Labute approximate surface area is 175 Å². The largest absolute Gasteiger partial charge is 0.325 e. The van der Waals surface area contributed by atoms with Crippen LogP contribution in [0.25, 0.3) is 11.1 Å². The van der Waals surface area contributed by atoms with E-state index in [-0.39, 0.29) is 23.3 Å². The van der Waals surface area contributed by atoms with Crippen LogP contribution in [0.3, 0.4) is 0 Å². The number of aromatic nitrogens is 1. The van der Waals surface area contributed by atoms with Crippen LogP contribution in [-0.2, 0) is 9.59 Å². The summed E-state index contributed by atoms with van der Waals surface area (Å²) >= 11 is 1.28. The molecule has 0 fully saturated rings. The first-order chi connectivity index (χ1) is 14.0. The van der Waals surface area contributed by atoms with Crippen molar-refractivity contribution in [2.24, 2.45) is 0 Å². The van der Waals surface area contributed by atoms with Gasteiger partial charge in [-0.1, -0.05) is 23.8 Å². The molecule has 0 aliphatic rings. The second-order valence-corrected chi connectivity index (χ2v) is 7.71. The van der Waals surface area contributed by atoms with E-state index in [0.717, 1.165) is 33.6 Å². The summed E-state index contributed by atoms with van der Waals surface area (Å²) in [7, 11) is 0. The Bertz CT molecular complexity index is 989. The summed E-state index contributed by atoms with van der Waals surface area (Å²) in [5, 5.41) is 5.71. The van der Waals surface area contributed by atoms with E-state index < -0.39 is 0 Å². The number of nitrogens with one attached hydrogen (secondary N) is 2. The third kappa shape index (κ3) is 6.19. The van der Waals surface area contributed by atoms with Crippen molar-refractivity contribution < 1.29 is 9.59 Å². The minimum atomic E-state index is -0.130. The highest BCUT2D eigenvalue weighted by Gasteiger charge is 2.08. The summed E-state index contributed by atoms with van der Waals surface area (Å²) < 4.78 is 0. The maximum Gasteiger partial charge on any atom is 0.234 e. The number of thioether (sulfide) groups is 1. The van der Waals surface area contributed by atoms with Gasteiger partial charge in [0.25, 0.3) is 0 Å². The highest BCUT2D eigenvalue weighted by molar-refractivity contribution is 8.00. The number of hydrogen-bond acceptors (Lipinski definition) is 4. The second-order valence-electron chi connectivity index (χ2n) is 6.72. The Morgan fingerprint density at radius 1 is 0.828 bits per heavy atom. The van der Waals surface area contributed by atoms with Gasteiger partial charge in [0, 0.05) is 23.8 Å². The van der Waals surface area contributed by atoms with Crippen LogP contribution in [0.15, 0.2) is 67.0 Å². The zero-order valence-corrected chi connectivity index (χ0v) is 17.3. The van der Waals surface area contributed by atoms with E-state index >= 15 is 0 Å². The van der Waals surface area contributed by atoms with Crippen molar-refractivity contribution >= 4 is 35.0 Å². The van der Waals surface area contributed by atoms with Crippen molar-refractivity contribution in [3.8, 4) is 11.1 Å². The molecular formula is C23H23N3O2S. The van der Waals surface area contributed by atoms with Gasteiger partial charge in [-0.15, -0.1) is 11.8 Å². The molecule has 0 saturated carbocycles. The van der Waals surface area contributed by atoms with Crippen molar-refractivity contribution in [3.05, 3.63) is 78.1 Å². The van der Waals surface area contributed by atoms with E-state index in [0.29, 0.717) is 0 Å². The van der Waals surface area contributed by atoms with Gasteiger partial charge in [0.05, 0.1) is 11.5 Å². The predicted molar refractivity (Wildman–Crippen MR) is 120 cm³/mol. The topological polar surface area (TPSA) is 71.1 Å². The Balaban J connectivity index is 1.46. The summed E-state index contributed by atoms with van der Waals surface area (Å²) in [5.41, 5.74) is 5.90. The van der Waals surface area contributed by atoms with E-state index in [1.165, 1.54) is 11.8 Å². The fourth-order valence-corrected chi connectivity index (χ4v) is 3.48. The molecule has 6 heteroatoms. The first-order valence-electron chi connectivity index (χ1n) is 9.26. The van der Waals surface area contributed by atoms with Gasteiger partial charge in [0.2, 0.25) is 11.8 Å². The number of amides is 2. The molecule has 0 aliphatic heterocycles.